The molecule has 0 fully saturated rings. The molecule has 1 N–H and O–H groups in total. The maximum absolute atomic E-state index is 12.4. The number of nitrogens with zero attached hydrogens (tertiary/aromatic N) is 1. The molecule has 1 heterocycles. The van der Waals surface area contributed by atoms with Crippen molar-refractivity contribution in [2.24, 2.45) is 5.10 Å². The Balaban J connectivity index is 0.000000381. The number of alkyl halides is 2. The van der Waals surface area contributed by atoms with Gasteiger partial charge in [0.1, 0.15) is 6.04 Å². The SMILES string of the molecule is C=CS(=O)(=O)C=C.Cc1ccc(S(=O)(=O)C2=NNC(C(F)F)C2)cc1. The highest BCUT2D eigenvalue weighted by atomic mass is 32.2. The second-order valence-electron chi connectivity index (χ2n) is 5.02. The smallest absolute Gasteiger partial charge is 0.260 e. The number of aryl methyl sites for hydroxylation is 1. The predicted molar refractivity (Wildman–Crippen MR) is 92.7 cm³/mol. The van der Waals surface area contributed by atoms with Crippen molar-refractivity contribution in [3.63, 3.8) is 0 Å². The molecule has 0 spiro atoms. The van der Waals surface area contributed by atoms with Gasteiger partial charge in [-0.1, -0.05) is 30.9 Å². The molecule has 0 amide bonds. The summed E-state index contributed by atoms with van der Waals surface area (Å²) in [6.07, 6.45) is -2.92. The Bertz CT molecular complexity index is 847. The fraction of sp³-hybridized carbons (Fsp3) is 0.267. The van der Waals surface area contributed by atoms with Gasteiger partial charge in [0, 0.05) is 17.2 Å². The van der Waals surface area contributed by atoms with E-state index in [0.717, 1.165) is 16.4 Å². The zero-order valence-electron chi connectivity index (χ0n) is 13.4. The Hall–Kier alpha value is -2.07. The fourth-order valence-electron chi connectivity index (χ4n) is 1.67. The Kier molecular flexibility index (Phi) is 7.00. The molecule has 0 radical (unpaired) electrons. The molecule has 0 saturated carbocycles. The summed E-state index contributed by atoms with van der Waals surface area (Å²) < 4.78 is 69.3. The first-order chi connectivity index (χ1) is 11.5. The highest BCUT2D eigenvalue weighted by molar-refractivity contribution is 8.06. The summed E-state index contributed by atoms with van der Waals surface area (Å²) in [7, 11) is -6.90. The van der Waals surface area contributed by atoms with Gasteiger partial charge >= 0.3 is 0 Å². The minimum Gasteiger partial charge on any atom is -0.300 e. The standard InChI is InChI=1S/C11H12F2N2O2S.C4H6O2S/c1-7-2-4-8(5-3-7)18(16,17)10-6-9(11(12)13)14-15-10;1-3-7(5,6)4-2/h2-5,9,11,14H,6H2,1H3;3-4H,1-2H2. The normalized spacial score (nSPS) is 17.1. The van der Waals surface area contributed by atoms with Gasteiger partial charge in [0.25, 0.3) is 6.43 Å². The summed E-state index contributed by atoms with van der Waals surface area (Å²) in [6.45, 7) is 7.92. The molecule has 1 aromatic carbocycles. The molecule has 6 nitrogen and oxygen atoms in total. The number of hydrazone groups is 1. The first kappa shape index (κ1) is 21.0. The van der Waals surface area contributed by atoms with Crippen LogP contribution in [0.4, 0.5) is 8.78 Å². The van der Waals surface area contributed by atoms with Crippen LogP contribution >= 0.6 is 0 Å². The van der Waals surface area contributed by atoms with Crippen molar-refractivity contribution >= 4 is 24.7 Å². The quantitative estimate of drug-likeness (QED) is 0.849. The number of hydrogen-bond donors (Lipinski definition) is 1. The number of nitrogens with one attached hydrogen (secondary N) is 1. The molecule has 0 bridgehead atoms. The topological polar surface area (TPSA) is 92.7 Å². The molecule has 10 heteroatoms. The molecule has 1 aliphatic rings. The van der Waals surface area contributed by atoms with Crippen LogP contribution in [0.15, 0.2) is 58.2 Å². The van der Waals surface area contributed by atoms with Crippen LogP contribution in [0.3, 0.4) is 0 Å². The molecule has 1 atom stereocenters. The number of hydrogen-bond acceptors (Lipinski definition) is 6. The molecule has 0 saturated heterocycles. The number of benzene rings is 1. The van der Waals surface area contributed by atoms with Crippen molar-refractivity contribution < 1.29 is 25.6 Å². The summed E-state index contributed by atoms with van der Waals surface area (Å²) in [4.78, 5) is 0.0727. The lowest BCUT2D eigenvalue weighted by molar-refractivity contribution is 0.106. The average molecular weight is 392 g/mol. The van der Waals surface area contributed by atoms with Crippen molar-refractivity contribution in [3.05, 3.63) is 53.8 Å². The minimum absolute atomic E-state index is 0.0727. The highest BCUT2D eigenvalue weighted by Crippen LogP contribution is 2.21. The van der Waals surface area contributed by atoms with Crippen LogP contribution in [0.25, 0.3) is 0 Å². The van der Waals surface area contributed by atoms with Gasteiger partial charge in [-0.25, -0.2) is 25.6 Å². The molecule has 1 aromatic rings. The van der Waals surface area contributed by atoms with Crippen molar-refractivity contribution in [1.29, 1.82) is 0 Å². The first-order valence-electron chi connectivity index (χ1n) is 6.95. The summed E-state index contributed by atoms with van der Waals surface area (Å²) in [5.74, 6) is 0. The fourth-order valence-corrected chi connectivity index (χ4v) is 3.15. The van der Waals surface area contributed by atoms with E-state index in [2.05, 4.69) is 23.7 Å². The molecule has 2 rings (SSSR count). The molecule has 0 aromatic heterocycles. The van der Waals surface area contributed by atoms with Gasteiger partial charge < -0.3 is 0 Å². The van der Waals surface area contributed by atoms with E-state index in [-0.39, 0.29) is 16.4 Å². The van der Waals surface area contributed by atoms with Gasteiger partial charge in [-0.05, 0) is 19.1 Å². The molecule has 1 unspecified atom stereocenters. The lowest BCUT2D eigenvalue weighted by Gasteiger charge is -2.07. The number of halogens is 2. The second kappa shape index (κ2) is 8.34. The van der Waals surface area contributed by atoms with Gasteiger partial charge in [0.05, 0.1) is 4.90 Å². The Morgan fingerprint density at radius 1 is 1.16 bits per heavy atom. The van der Waals surface area contributed by atoms with Crippen LogP contribution in [0.5, 0.6) is 0 Å². The molecular formula is C15H18F2N2O4S2. The van der Waals surface area contributed by atoms with Crippen LogP contribution in [-0.2, 0) is 19.7 Å². The zero-order chi connectivity index (χ0) is 19.3. The molecule has 25 heavy (non-hydrogen) atoms. The van der Waals surface area contributed by atoms with Crippen molar-refractivity contribution in [3.8, 4) is 0 Å². The van der Waals surface area contributed by atoms with Crippen LogP contribution in [0.2, 0.25) is 0 Å². The Morgan fingerprint density at radius 2 is 1.68 bits per heavy atom. The monoisotopic (exact) mass is 392 g/mol. The lowest BCUT2D eigenvalue weighted by atomic mass is 10.2. The molecule has 138 valence electrons. The summed E-state index contributed by atoms with van der Waals surface area (Å²) in [5.41, 5.74) is 3.07. The summed E-state index contributed by atoms with van der Waals surface area (Å²) in [6, 6.07) is 4.98. The van der Waals surface area contributed by atoms with Crippen molar-refractivity contribution in [2.75, 3.05) is 0 Å². The van der Waals surface area contributed by atoms with E-state index in [9.17, 15) is 25.6 Å². The zero-order valence-corrected chi connectivity index (χ0v) is 15.0. The van der Waals surface area contributed by atoms with E-state index < -0.39 is 32.1 Å². The van der Waals surface area contributed by atoms with Gasteiger partial charge in [-0.3, -0.25) is 5.43 Å². The highest BCUT2D eigenvalue weighted by Gasteiger charge is 2.34. The van der Waals surface area contributed by atoms with E-state index >= 15 is 0 Å². The van der Waals surface area contributed by atoms with Crippen LogP contribution in [0.1, 0.15) is 12.0 Å². The minimum atomic E-state index is -3.77. The maximum Gasteiger partial charge on any atom is 0.260 e. The van der Waals surface area contributed by atoms with E-state index in [4.69, 9.17) is 0 Å². The van der Waals surface area contributed by atoms with Crippen LogP contribution < -0.4 is 5.43 Å². The first-order valence-corrected chi connectivity index (χ1v) is 10.0. The van der Waals surface area contributed by atoms with E-state index in [1.54, 1.807) is 12.1 Å². The number of sulfone groups is 2. The van der Waals surface area contributed by atoms with Gasteiger partial charge in [0.15, 0.2) is 14.9 Å². The second-order valence-corrected chi connectivity index (χ2v) is 8.81. The number of rotatable bonds is 4. The largest absolute Gasteiger partial charge is 0.300 e. The predicted octanol–water partition coefficient (Wildman–Crippen LogP) is 2.40. The molecule has 1 aliphatic heterocycles. The molecular weight excluding hydrogens is 374 g/mol. The average Bonchev–Trinajstić information content (AvgIpc) is 3.07. The Labute approximate surface area is 145 Å². The van der Waals surface area contributed by atoms with Crippen LogP contribution in [0, 0.1) is 6.92 Å². The van der Waals surface area contributed by atoms with Gasteiger partial charge in [-0.2, -0.15) is 5.10 Å². The van der Waals surface area contributed by atoms with E-state index in [0.29, 0.717) is 0 Å². The van der Waals surface area contributed by atoms with Gasteiger partial charge in [0.2, 0.25) is 9.84 Å². The van der Waals surface area contributed by atoms with E-state index in [1.807, 2.05) is 6.92 Å². The summed E-state index contributed by atoms with van der Waals surface area (Å²) >= 11 is 0. The van der Waals surface area contributed by atoms with E-state index in [1.165, 1.54) is 12.1 Å². The molecule has 0 aliphatic carbocycles. The van der Waals surface area contributed by atoms with Crippen LogP contribution in [-0.4, -0.2) is 34.3 Å². The third kappa shape index (κ3) is 5.75. The Morgan fingerprint density at radius 3 is 2.04 bits per heavy atom. The van der Waals surface area contributed by atoms with Crippen molar-refractivity contribution in [1.82, 2.24) is 5.43 Å². The summed E-state index contributed by atoms with van der Waals surface area (Å²) in [5, 5.41) is 4.96. The third-order valence-electron chi connectivity index (χ3n) is 3.16. The van der Waals surface area contributed by atoms with Gasteiger partial charge in [-0.15, -0.1) is 0 Å². The van der Waals surface area contributed by atoms with Crippen molar-refractivity contribution in [2.45, 2.75) is 30.7 Å². The lowest BCUT2D eigenvalue weighted by Crippen LogP contribution is -2.28. The third-order valence-corrected chi connectivity index (χ3v) is 5.86. The maximum atomic E-state index is 12.4.